The molecule has 5 nitrogen and oxygen atoms in total. The van der Waals surface area contributed by atoms with Gasteiger partial charge in [-0.25, -0.2) is 9.59 Å². The predicted octanol–water partition coefficient (Wildman–Crippen LogP) is 2.09. The van der Waals surface area contributed by atoms with Crippen molar-refractivity contribution in [1.82, 2.24) is 0 Å². The maximum atomic E-state index is 10.7. The Labute approximate surface area is 95.3 Å². The van der Waals surface area contributed by atoms with E-state index in [1.165, 1.54) is 14.0 Å². The van der Waals surface area contributed by atoms with Crippen LogP contribution in [0.4, 0.5) is 0 Å². The summed E-state index contributed by atoms with van der Waals surface area (Å²) in [6, 6.07) is 0. The maximum absolute atomic E-state index is 10.7. The lowest BCUT2D eigenvalue weighted by Crippen LogP contribution is -2.05. The number of hydrogen-bond donors (Lipinski definition) is 1. The highest BCUT2D eigenvalue weighted by molar-refractivity contribution is 5.87. The first-order valence-corrected chi connectivity index (χ1v) is 4.68. The van der Waals surface area contributed by atoms with Gasteiger partial charge in [-0.2, -0.15) is 4.89 Å². The summed E-state index contributed by atoms with van der Waals surface area (Å²) in [6.45, 7) is 10.1. The van der Waals surface area contributed by atoms with Crippen LogP contribution < -0.4 is 0 Å². The molecule has 0 aliphatic carbocycles. The molecule has 92 valence electrons. The van der Waals surface area contributed by atoms with E-state index in [1.807, 2.05) is 6.92 Å². The number of carbonyl (C=O) groups excluding carboxylic acids is 1. The molecule has 0 aliphatic heterocycles. The Balaban J connectivity index is 0. The van der Waals surface area contributed by atoms with Gasteiger partial charge in [0.05, 0.1) is 7.11 Å². The van der Waals surface area contributed by atoms with E-state index >= 15 is 0 Å². The Kier molecular flexibility index (Phi) is 10.4. The third-order valence-corrected chi connectivity index (χ3v) is 1.36. The van der Waals surface area contributed by atoms with E-state index in [2.05, 4.69) is 22.9 Å². The van der Waals surface area contributed by atoms with Gasteiger partial charge in [-0.3, -0.25) is 4.89 Å². The first-order chi connectivity index (χ1) is 7.36. The zero-order chi connectivity index (χ0) is 13.1. The van der Waals surface area contributed by atoms with E-state index in [0.29, 0.717) is 12.0 Å². The average Bonchev–Trinajstić information content (AvgIpc) is 2.19. The molecule has 16 heavy (non-hydrogen) atoms. The van der Waals surface area contributed by atoms with Gasteiger partial charge < -0.3 is 5.11 Å². The Bertz CT molecular complexity index is 240. The van der Waals surface area contributed by atoms with Gasteiger partial charge in [0, 0.05) is 11.1 Å². The minimum Gasteiger partial charge on any atom is -0.478 e. The van der Waals surface area contributed by atoms with E-state index in [9.17, 15) is 9.59 Å². The molecule has 0 bridgehead atoms. The molecule has 0 spiro atoms. The fourth-order valence-electron chi connectivity index (χ4n) is 0.538. The molecule has 0 amide bonds. The molecule has 0 aromatic heterocycles. The second-order valence-corrected chi connectivity index (χ2v) is 2.98. The van der Waals surface area contributed by atoms with Gasteiger partial charge in [-0.1, -0.05) is 26.5 Å². The molecule has 0 heterocycles. The molecule has 1 N–H and O–H groups in total. The molecule has 0 saturated carbocycles. The number of carboxylic acids is 1. The van der Waals surface area contributed by atoms with Crippen LogP contribution in [0.5, 0.6) is 0 Å². The van der Waals surface area contributed by atoms with Crippen molar-refractivity contribution in [3.8, 4) is 0 Å². The van der Waals surface area contributed by atoms with Crippen LogP contribution in [0.3, 0.4) is 0 Å². The van der Waals surface area contributed by atoms with Crippen molar-refractivity contribution < 1.29 is 24.5 Å². The lowest BCUT2D eigenvalue weighted by atomic mass is 10.2. The van der Waals surface area contributed by atoms with Crippen LogP contribution in [0.25, 0.3) is 0 Å². The van der Waals surface area contributed by atoms with Crippen molar-refractivity contribution >= 4 is 11.9 Å². The average molecular weight is 230 g/mol. The largest absolute Gasteiger partial charge is 0.478 e. The number of carboxylic acid groups (broad SMARTS) is 1. The van der Waals surface area contributed by atoms with E-state index in [-0.39, 0.29) is 5.57 Å². The third kappa shape index (κ3) is 10.5. The normalized spacial score (nSPS) is 8.44. The summed E-state index contributed by atoms with van der Waals surface area (Å²) in [7, 11) is 1.29. The number of hydrogen-bond acceptors (Lipinski definition) is 4. The quantitative estimate of drug-likeness (QED) is 0.445. The monoisotopic (exact) mass is 230 g/mol. The lowest BCUT2D eigenvalue weighted by Gasteiger charge is -1.99. The lowest BCUT2D eigenvalue weighted by molar-refractivity contribution is -0.250. The highest BCUT2D eigenvalue weighted by atomic mass is 17.2. The molecule has 0 saturated heterocycles. The molecular weight excluding hydrogens is 212 g/mol. The summed E-state index contributed by atoms with van der Waals surface area (Å²) >= 11 is 0. The Morgan fingerprint density at radius 2 is 1.75 bits per heavy atom. The Hall–Kier alpha value is -1.62. The highest BCUT2D eigenvalue weighted by Gasteiger charge is 2.06. The van der Waals surface area contributed by atoms with Crippen LogP contribution in [0.15, 0.2) is 24.3 Å². The first kappa shape index (κ1) is 16.8. The fraction of sp³-hybridized carbons (Fsp3) is 0.455. The molecule has 0 aliphatic rings. The molecule has 0 fully saturated rings. The molecule has 0 rings (SSSR count). The van der Waals surface area contributed by atoms with Crippen LogP contribution in [0.2, 0.25) is 0 Å². The third-order valence-electron chi connectivity index (χ3n) is 1.36. The number of carbonyl (C=O) groups is 2. The predicted molar refractivity (Wildman–Crippen MR) is 59.6 cm³/mol. The van der Waals surface area contributed by atoms with Gasteiger partial charge in [0.1, 0.15) is 0 Å². The van der Waals surface area contributed by atoms with Crippen LogP contribution >= 0.6 is 0 Å². The minimum absolute atomic E-state index is 0.176. The topological polar surface area (TPSA) is 72.8 Å². The SMILES string of the molecule is C=C(C)C(=O)O.C=C(CCC)C(=O)OOC. The van der Waals surface area contributed by atoms with Gasteiger partial charge in [0.2, 0.25) is 0 Å². The first-order valence-electron chi connectivity index (χ1n) is 4.68. The van der Waals surface area contributed by atoms with Gasteiger partial charge in [0.25, 0.3) is 0 Å². The Morgan fingerprint density at radius 1 is 1.31 bits per heavy atom. The maximum Gasteiger partial charge on any atom is 0.368 e. The Morgan fingerprint density at radius 3 is 2.00 bits per heavy atom. The molecule has 0 atom stereocenters. The second-order valence-electron chi connectivity index (χ2n) is 2.98. The molecule has 0 unspecified atom stereocenters. The van der Waals surface area contributed by atoms with E-state index < -0.39 is 11.9 Å². The molecule has 5 heteroatoms. The van der Waals surface area contributed by atoms with Gasteiger partial charge >= 0.3 is 11.9 Å². The molecule has 0 aromatic rings. The van der Waals surface area contributed by atoms with Crippen molar-refractivity contribution in [3.05, 3.63) is 24.3 Å². The molecular formula is C11H18O5. The highest BCUT2D eigenvalue weighted by Crippen LogP contribution is 2.03. The second kappa shape index (κ2) is 9.92. The zero-order valence-corrected chi connectivity index (χ0v) is 9.91. The molecule has 0 radical (unpaired) electrons. The summed E-state index contributed by atoms with van der Waals surface area (Å²) in [6.07, 6.45) is 1.54. The van der Waals surface area contributed by atoms with E-state index in [4.69, 9.17) is 5.11 Å². The summed E-state index contributed by atoms with van der Waals surface area (Å²) in [5.41, 5.74) is 0.624. The van der Waals surface area contributed by atoms with Crippen LogP contribution in [0.1, 0.15) is 26.7 Å². The summed E-state index contributed by atoms with van der Waals surface area (Å²) in [5.74, 6) is -1.42. The van der Waals surface area contributed by atoms with Gasteiger partial charge in [0.15, 0.2) is 0 Å². The van der Waals surface area contributed by atoms with Crippen molar-refractivity contribution in [2.45, 2.75) is 26.7 Å². The van der Waals surface area contributed by atoms with Crippen molar-refractivity contribution in [2.75, 3.05) is 7.11 Å². The molecule has 0 aromatic carbocycles. The summed E-state index contributed by atoms with van der Waals surface area (Å²) in [4.78, 5) is 28.7. The van der Waals surface area contributed by atoms with E-state index in [0.717, 1.165) is 6.42 Å². The van der Waals surface area contributed by atoms with Gasteiger partial charge in [-0.05, 0) is 13.3 Å². The number of rotatable bonds is 5. The summed E-state index contributed by atoms with van der Waals surface area (Å²) < 4.78 is 0. The zero-order valence-electron chi connectivity index (χ0n) is 9.91. The van der Waals surface area contributed by atoms with Crippen molar-refractivity contribution in [1.29, 1.82) is 0 Å². The minimum atomic E-state index is -0.935. The summed E-state index contributed by atoms with van der Waals surface area (Å²) in [5, 5.41) is 7.89. The standard InChI is InChI=1S/C7H12O3.C4H6O2/c1-4-5-6(2)7(8)10-9-3;1-3(2)4(5)6/h2,4-5H2,1,3H3;1H2,2H3,(H,5,6). The van der Waals surface area contributed by atoms with Crippen molar-refractivity contribution in [2.24, 2.45) is 0 Å². The fourth-order valence-corrected chi connectivity index (χ4v) is 0.538. The van der Waals surface area contributed by atoms with Crippen LogP contribution in [0, 0.1) is 0 Å². The van der Waals surface area contributed by atoms with Crippen LogP contribution in [-0.2, 0) is 19.4 Å². The van der Waals surface area contributed by atoms with Crippen molar-refractivity contribution in [3.63, 3.8) is 0 Å². The van der Waals surface area contributed by atoms with Gasteiger partial charge in [-0.15, -0.1) is 0 Å². The smallest absolute Gasteiger partial charge is 0.368 e. The van der Waals surface area contributed by atoms with Crippen LogP contribution in [-0.4, -0.2) is 24.2 Å². The van der Waals surface area contributed by atoms with E-state index in [1.54, 1.807) is 0 Å². The number of aliphatic carboxylic acids is 1.